The molecule has 0 saturated heterocycles. The fourth-order valence-corrected chi connectivity index (χ4v) is 4.02. The quantitative estimate of drug-likeness (QED) is 0.857. The minimum absolute atomic E-state index is 0.219. The lowest BCUT2D eigenvalue weighted by Crippen LogP contribution is -2.13. The Labute approximate surface area is 106 Å². The molecule has 3 heteroatoms. The van der Waals surface area contributed by atoms with E-state index in [1.54, 1.807) is 6.07 Å². The van der Waals surface area contributed by atoms with Crippen molar-refractivity contribution in [3.63, 3.8) is 0 Å². The lowest BCUT2D eigenvalue weighted by molar-refractivity contribution is 0.327. The number of hydrogen-bond donors (Lipinski definition) is 1. The molecule has 3 unspecified atom stereocenters. The van der Waals surface area contributed by atoms with Gasteiger partial charge >= 0.3 is 0 Å². The van der Waals surface area contributed by atoms with Gasteiger partial charge in [0.1, 0.15) is 11.3 Å². The second-order valence-electron chi connectivity index (χ2n) is 5.96. The van der Waals surface area contributed by atoms with Crippen molar-refractivity contribution in [2.24, 2.45) is 17.8 Å². The highest BCUT2D eigenvalue weighted by atomic mass is 19.1. The molecule has 0 radical (unpaired) electrons. The number of benzene rings is 1. The molecule has 2 aliphatic rings. The Morgan fingerprint density at radius 3 is 2.94 bits per heavy atom. The normalized spacial score (nSPS) is 30.4. The van der Waals surface area contributed by atoms with E-state index in [-0.39, 0.29) is 5.82 Å². The molecule has 1 aromatic carbocycles. The number of nitrogens with one attached hydrogen (secondary N) is 1. The zero-order valence-corrected chi connectivity index (χ0v) is 10.3. The SMILES string of the molecule is Fc1cccc2[nH]c(CC3CC4CCC3C4)nc12. The van der Waals surface area contributed by atoms with Crippen molar-refractivity contribution < 1.29 is 4.39 Å². The number of rotatable bonds is 2. The van der Waals surface area contributed by atoms with Gasteiger partial charge < -0.3 is 4.98 Å². The van der Waals surface area contributed by atoms with Gasteiger partial charge in [-0.2, -0.15) is 0 Å². The Balaban J connectivity index is 1.61. The highest BCUT2D eigenvalue weighted by molar-refractivity contribution is 5.75. The fourth-order valence-electron chi connectivity index (χ4n) is 4.02. The molecule has 2 aromatic rings. The van der Waals surface area contributed by atoms with Crippen LogP contribution in [-0.4, -0.2) is 9.97 Å². The second-order valence-corrected chi connectivity index (χ2v) is 5.96. The first-order valence-electron chi connectivity index (χ1n) is 6.92. The molecular weight excluding hydrogens is 227 g/mol. The predicted molar refractivity (Wildman–Crippen MR) is 68.7 cm³/mol. The summed E-state index contributed by atoms with van der Waals surface area (Å²) in [5, 5.41) is 0. The average molecular weight is 244 g/mol. The summed E-state index contributed by atoms with van der Waals surface area (Å²) in [6, 6.07) is 5.11. The third-order valence-electron chi connectivity index (χ3n) is 4.85. The van der Waals surface area contributed by atoms with E-state index >= 15 is 0 Å². The van der Waals surface area contributed by atoms with E-state index in [1.807, 2.05) is 6.07 Å². The zero-order chi connectivity index (χ0) is 12.1. The molecule has 2 fully saturated rings. The molecule has 2 aliphatic carbocycles. The van der Waals surface area contributed by atoms with Crippen LogP contribution in [0.25, 0.3) is 11.0 Å². The zero-order valence-electron chi connectivity index (χ0n) is 10.3. The molecule has 2 saturated carbocycles. The molecular formula is C15H17FN2. The van der Waals surface area contributed by atoms with Gasteiger partial charge in [-0.05, 0) is 49.1 Å². The van der Waals surface area contributed by atoms with Crippen molar-refractivity contribution in [2.45, 2.75) is 32.1 Å². The van der Waals surface area contributed by atoms with Gasteiger partial charge in [0.15, 0.2) is 5.82 Å². The van der Waals surface area contributed by atoms with E-state index < -0.39 is 0 Å². The number of aromatic amines is 1. The molecule has 2 bridgehead atoms. The van der Waals surface area contributed by atoms with Crippen LogP contribution in [0.4, 0.5) is 4.39 Å². The molecule has 18 heavy (non-hydrogen) atoms. The van der Waals surface area contributed by atoms with Gasteiger partial charge in [-0.1, -0.05) is 12.5 Å². The van der Waals surface area contributed by atoms with Crippen molar-refractivity contribution in [2.75, 3.05) is 0 Å². The molecule has 3 atom stereocenters. The smallest absolute Gasteiger partial charge is 0.151 e. The van der Waals surface area contributed by atoms with Crippen LogP contribution < -0.4 is 0 Å². The van der Waals surface area contributed by atoms with Crippen LogP contribution in [0.5, 0.6) is 0 Å². The highest BCUT2D eigenvalue weighted by Gasteiger charge is 2.39. The molecule has 4 rings (SSSR count). The molecule has 2 nitrogen and oxygen atoms in total. The fraction of sp³-hybridized carbons (Fsp3) is 0.533. The predicted octanol–water partition coefficient (Wildman–Crippen LogP) is 3.68. The Bertz CT molecular complexity index is 589. The number of imidazole rings is 1. The highest BCUT2D eigenvalue weighted by Crippen LogP contribution is 2.49. The number of aromatic nitrogens is 2. The molecule has 1 N–H and O–H groups in total. The number of fused-ring (bicyclic) bond motifs is 3. The number of nitrogens with zero attached hydrogens (tertiary/aromatic N) is 1. The van der Waals surface area contributed by atoms with Crippen LogP contribution in [0.1, 0.15) is 31.5 Å². The van der Waals surface area contributed by atoms with Crippen LogP contribution >= 0.6 is 0 Å². The number of halogens is 1. The summed E-state index contributed by atoms with van der Waals surface area (Å²) in [5.41, 5.74) is 1.32. The minimum atomic E-state index is -0.219. The standard InChI is InChI=1S/C15H17FN2/c16-12-2-1-3-13-15(12)18-14(17-13)8-11-7-9-4-5-10(11)6-9/h1-3,9-11H,4-8H2,(H,17,18). The maximum absolute atomic E-state index is 13.6. The van der Waals surface area contributed by atoms with E-state index in [0.29, 0.717) is 5.52 Å². The summed E-state index contributed by atoms with van der Waals surface area (Å²) in [4.78, 5) is 7.70. The van der Waals surface area contributed by atoms with Crippen LogP contribution in [0, 0.1) is 23.6 Å². The first-order chi connectivity index (χ1) is 8.79. The number of para-hydroxylation sites is 1. The summed E-state index contributed by atoms with van der Waals surface area (Å²) < 4.78 is 13.6. The van der Waals surface area contributed by atoms with E-state index in [2.05, 4.69) is 9.97 Å². The average Bonchev–Trinajstić information content (AvgIpc) is 3.03. The van der Waals surface area contributed by atoms with Gasteiger partial charge in [0.05, 0.1) is 5.52 Å². The maximum atomic E-state index is 13.6. The molecule has 94 valence electrons. The third kappa shape index (κ3) is 1.57. The monoisotopic (exact) mass is 244 g/mol. The van der Waals surface area contributed by atoms with Gasteiger partial charge in [-0.3, -0.25) is 0 Å². The first-order valence-corrected chi connectivity index (χ1v) is 6.92. The summed E-state index contributed by atoms with van der Waals surface area (Å²) in [5.74, 6) is 3.37. The summed E-state index contributed by atoms with van der Waals surface area (Å²) >= 11 is 0. The number of hydrogen-bond acceptors (Lipinski definition) is 1. The Hall–Kier alpha value is -1.38. The van der Waals surface area contributed by atoms with Crippen LogP contribution in [0.3, 0.4) is 0 Å². The second kappa shape index (κ2) is 3.81. The lowest BCUT2D eigenvalue weighted by atomic mass is 9.86. The Morgan fingerprint density at radius 2 is 2.22 bits per heavy atom. The Kier molecular flexibility index (Phi) is 2.23. The topological polar surface area (TPSA) is 28.7 Å². The minimum Gasteiger partial charge on any atom is -0.342 e. The van der Waals surface area contributed by atoms with Gasteiger partial charge in [-0.15, -0.1) is 0 Å². The maximum Gasteiger partial charge on any atom is 0.151 e. The van der Waals surface area contributed by atoms with Gasteiger partial charge in [0.2, 0.25) is 0 Å². The van der Waals surface area contributed by atoms with E-state index in [1.165, 1.54) is 31.7 Å². The van der Waals surface area contributed by atoms with Crippen LogP contribution in [0.2, 0.25) is 0 Å². The summed E-state index contributed by atoms with van der Waals surface area (Å²) in [6.45, 7) is 0. The van der Waals surface area contributed by atoms with Crippen molar-refractivity contribution in [1.82, 2.24) is 9.97 Å². The molecule has 0 amide bonds. The van der Waals surface area contributed by atoms with Gasteiger partial charge in [-0.25, -0.2) is 9.37 Å². The van der Waals surface area contributed by atoms with Gasteiger partial charge in [0, 0.05) is 6.42 Å². The molecule has 0 aliphatic heterocycles. The molecule has 1 aromatic heterocycles. The largest absolute Gasteiger partial charge is 0.342 e. The molecule has 0 spiro atoms. The van der Waals surface area contributed by atoms with Crippen molar-refractivity contribution >= 4 is 11.0 Å². The molecule has 1 heterocycles. The van der Waals surface area contributed by atoms with Gasteiger partial charge in [0.25, 0.3) is 0 Å². The summed E-state index contributed by atoms with van der Waals surface area (Å²) in [7, 11) is 0. The van der Waals surface area contributed by atoms with Crippen LogP contribution in [-0.2, 0) is 6.42 Å². The Morgan fingerprint density at radius 1 is 1.28 bits per heavy atom. The van der Waals surface area contributed by atoms with Crippen LogP contribution in [0.15, 0.2) is 18.2 Å². The van der Waals surface area contributed by atoms with Crippen molar-refractivity contribution in [3.8, 4) is 0 Å². The van der Waals surface area contributed by atoms with E-state index in [9.17, 15) is 4.39 Å². The van der Waals surface area contributed by atoms with Crippen molar-refractivity contribution in [1.29, 1.82) is 0 Å². The van der Waals surface area contributed by atoms with Crippen molar-refractivity contribution in [3.05, 3.63) is 29.8 Å². The summed E-state index contributed by atoms with van der Waals surface area (Å²) in [6.07, 6.45) is 6.58. The van der Waals surface area contributed by atoms with E-state index in [0.717, 1.165) is 35.5 Å². The third-order valence-corrected chi connectivity index (χ3v) is 4.85. The lowest BCUT2D eigenvalue weighted by Gasteiger charge is -2.20. The number of H-pyrrole nitrogens is 1. The van der Waals surface area contributed by atoms with E-state index in [4.69, 9.17) is 0 Å². The first kappa shape index (κ1) is 10.5.